The molecule has 0 aliphatic carbocycles. The van der Waals surface area contributed by atoms with E-state index in [9.17, 15) is 8.42 Å². The van der Waals surface area contributed by atoms with Crippen LogP contribution in [0.15, 0.2) is 23.6 Å². The Hall–Kier alpha value is -1.83. The summed E-state index contributed by atoms with van der Waals surface area (Å²) in [5, 5.41) is 4.06. The van der Waals surface area contributed by atoms with Gasteiger partial charge in [-0.25, -0.2) is 4.98 Å². The standard InChI is InChI=1S/C10H15N5O2S/c1-3-9-11-6-10(13-9)18(16,17)14-8-5-12-15(4-2)7-8/h5-7,14H,3-4H2,1-2H3,(H,11,13). The molecule has 2 N–H and O–H groups in total. The molecule has 0 aromatic carbocycles. The molecule has 18 heavy (non-hydrogen) atoms. The van der Waals surface area contributed by atoms with Crippen molar-refractivity contribution in [3.8, 4) is 0 Å². The first-order chi connectivity index (χ1) is 8.55. The van der Waals surface area contributed by atoms with Crippen LogP contribution < -0.4 is 4.72 Å². The van der Waals surface area contributed by atoms with Crippen LogP contribution in [0.2, 0.25) is 0 Å². The lowest BCUT2D eigenvalue weighted by molar-refractivity contribution is 0.598. The highest BCUT2D eigenvalue weighted by atomic mass is 32.2. The topological polar surface area (TPSA) is 92.7 Å². The number of rotatable bonds is 5. The molecule has 0 aliphatic heterocycles. The summed E-state index contributed by atoms with van der Waals surface area (Å²) in [7, 11) is -3.62. The molecule has 7 nitrogen and oxygen atoms in total. The Balaban J connectivity index is 2.21. The number of aromatic nitrogens is 4. The van der Waals surface area contributed by atoms with Gasteiger partial charge in [-0.05, 0) is 6.92 Å². The monoisotopic (exact) mass is 269 g/mol. The molecule has 0 saturated heterocycles. The van der Waals surface area contributed by atoms with Crippen LogP contribution in [0.25, 0.3) is 0 Å². The smallest absolute Gasteiger partial charge is 0.279 e. The Labute approximate surface area is 105 Å². The first-order valence-electron chi connectivity index (χ1n) is 5.64. The zero-order valence-corrected chi connectivity index (χ0v) is 11.0. The lowest BCUT2D eigenvalue weighted by Crippen LogP contribution is -2.13. The van der Waals surface area contributed by atoms with Gasteiger partial charge >= 0.3 is 0 Å². The second kappa shape index (κ2) is 4.81. The number of imidazole rings is 1. The van der Waals surface area contributed by atoms with E-state index in [2.05, 4.69) is 19.8 Å². The largest absolute Gasteiger partial charge is 0.332 e. The molecule has 0 aliphatic rings. The highest BCUT2D eigenvalue weighted by Crippen LogP contribution is 2.13. The highest BCUT2D eigenvalue weighted by Gasteiger charge is 2.17. The van der Waals surface area contributed by atoms with Crippen molar-refractivity contribution in [1.82, 2.24) is 19.7 Å². The van der Waals surface area contributed by atoms with Gasteiger partial charge in [0.05, 0.1) is 18.1 Å². The first-order valence-corrected chi connectivity index (χ1v) is 7.12. The lowest BCUT2D eigenvalue weighted by atomic mass is 10.5. The van der Waals surface area contributed by atoms with Crippen molar-refractivity contribution in [3.05, 3.63) is 24.4 Å². The predicted octanol–water partition coefficient (Wildman–Crippen LogP) is 0.989. The quantitative estimate of drug-likeness (QED) is 0.846. The van der Waals surface area contributed by atoms with Gasteiger partial charge in [-0.2, -0.15) is 13.5 Å². The summed E-state index contributed by atoms with van der Waals surface area (Å²) in [5.74, 6) is 0.639. The van der Waals surface area contributed by atoms with E-state index >= 15 is 0 Å². The molecule has 0 atom stereocenters. The first kappa shape index (κ1) is 12.6. The lowest BCUT2D eigenvalue weighted by Gasteiger charge is -2.02. The van der Waals surface area contributed by atoms with Gasteiger partial charge in [0, 0.05) is 19.2 Å². The van der Waals surface area contributed by atoms with Crippen LogP contribution in [0.4, 0.5) is 5.69 Å². The maximum atomic E-state index is 12.0. The molecular formula is C10H15N5O2S. The fourth-order valence-electron chi connectivity index (χ4n) is 1.46. The van der Waals surface area contributed by atoms with E-state index in [1.807, 2.05) is 13.8 Å². The van der Waals surface area contributed by atoms with Crippen molar-refractivity contribution >= 4 is 15.7 Å². The van der Waals surface area contributed by atoms with Crippen molar-refractivity contribution in [2.75, 3.05) is 4.72 Å². The number of nitrogens with zero attached hydrogens (tertiary/aromatic N) is 3. The molecule has 0 radical (unpaired) electrons. The van der Waals surface area contributed by atoms with E-state index in [1.54, 1.807) is 10.9 Å². The second-order valence-corrected chi connectivity index (χ2v) is 5.39. The maximum absolute atomic E-state index is 12.0. The van der Waals surface area contributed by atoms with E-state index < -0.39 is 10.0 Å². The maximum Gasteiger partial charge on any atom is 0.279 e. The van der Waals surface area contributed by atoms with E-state index in [0.29, 0.717) is 24.5 Å². The number of H-pyrrole nitrogens is 1. The molecule has 98 valence electrons. The fourth-order valence-corrected chi connectivity index (χ4v) is 2.43. The van der Waals surface area contributed by atoms with Crippen LogP contribution in [0.1, 0.15) is 19.7 Å². The van der Waals surface area contributed by atoms with Gasteiger partial charge in [-0.3, -0.25) is 9.40 Å². The molecule has 0 spiro atoms. The summed E-state index contributed by atoms with van der Waals surface area (Å²) in [4.78, 5) is 6.72. The zero-order valence-electron chi connectivity index (χ0n) is 10.2. The van der Waals surface area contributed by atoms with E-state index in [-0.39, 0.29) is 5.03 Å². The highest BCUT2D eigenvalue weighted by molar-refractivity contribution is 7.92. The average molecular weight is 269 g/mol. The minimum atomic E-state index is -3.62. The van der Waals surface area contributed by atoms with E-state index in [1.165, 1.54) is 12.4 Å². The van der Waals surface area contributed by atoms with Gasteiger partial charge in [-0.1, -0.05) is 6.92 Å². The minimum absolute atomic E-state index is 0.0589. The van der Waals surface area contributed by atoms with Gasteiger partial charge in [0.25, 0.3) is 10.0 Å². The van der Waals surface area contributed by atoms with Crippen LogP contribution in [-0.4, -0.2) is 28.2 Å². The number of sulfonamides is 1. The Morgan fingerprint density at radius 1 is 1.39 bits per heavy atom. The van der Waals surface area contributed by atoms with Gasteiger partial charge in [0.1, 0.15) is 5.82 Å². The number of nitrogens with one attached hydrogen (secondary N) is 2. The third kappa shape index (κ3) is 2.53. The van der Waals surface area contributed by atoms with E-state index in [4.69, 9.17) is 0 Å². The van der Waals surface area contributed by atoms with Crippen molar-refractivity contribution in [2.24, 2.45) is 0 Å². The van der Waals surface area contributed by atoms with Crippen molar-refractivity contribution < 1.29 is 8.42 Å². The van der Waals surface area contributed by atoms with E-state index in [0.717, 1.165) is 0 Å². The molecule has 2 aromatic heterocycles. The zero-order chi connectivity index (χ0) is 13.2. The molecular weight excluding hydrogens is 254 g/mol. The SMILES string of the molecule is CCc1ncc(S(=O)(=O)Nc2cnn(CC)c2)[nH]1. The Morgan fingerprint density at radius 3 is 2.72 bits per heavy atom. The van der Waals surface area contributed by atoms with Crippen LogP contribution in [0.5, 0.6) is 0 Å². The van der Waals surface area contributed by atoms with Gasteiger partial charge in [0.15, 0.2) is 5.03 Å². The third-order valence-electron chi connectivity index (χ3n) is 2.44. The number of hydrogen-bond acceptors (Lipinski definition) is 4. The molecule has 0 saturated carbocycles. The Morgan fingerprint density at radius 2 is 2.17 bits per heavy atom. The number of hydrogen-bond donors (Lipinski definition) is 2. The summed E-state index contributed by atoms with van der Waals surface area (Å²) in [5.41, 5.74) is 0.435. The predicted molar refractivity (Wildman–Crippen MR) is 66.7 cm³/mol. The van der Waals surface area contributed by atoms with Crippen molar-refractivity contribution in [2.45, 2.75) is 31.8 Å². The molecule has 0 bridgehead atoms. The third-order valence-corrected chi connectivity index (χ3v) is 3.73. The Kier molecular flexibility index (Phi) is 3.37. The van der Waals surface area contributed by atoms with Crippen LogP contribution in [-0.2, 0) is 23.0 Å². The summed E-state index contributed by atoms with van der Waals surface area (Å²) < 4.78 is 28.1. The number of aromatic amines is 1. The number of aryl methyl sites for hydroxylation is 2. The van der Waals surface area contributed by atoms with Crippen LogP contribution >= 0.6 is 0 Å². The average Bonchev–Trinajstić information content (AvgIpc) is 2.96. The molecule has 0 amide bonds. The van der Waals surface area contributed by atoms with Crippen LogP contribution in [0, 0.1) is 0 Å². The van der Waals surface area contributed by atoms with Crippen molar-refractivity contribution in [3.63, 3.8) is 0 Å². The normalized spacial score (nSPS) is 11.7. The summed E-state index contributed by atoms with van der Waals surface area (Å²) >= 11 is 0. The summed E-state index contributed by atoms with van der Waals surface area (Å²) in [6.45, 7) is 4.51. The second-order valence-electron chi connectivity index (χ2n) is 3.74. The Bertz CT molecular complexity index is 628. The van der Waals surface area contributed by atoms with Gasteiger partial charge < -0.3 is 4.98 Å². The minimum Gasteiger partial charge on any atom is -0.332 e. The molecule has 2 heterocycles. The molecule has 0 unspecified atom stereocenters. The van der Waals surface area contributed by atoms with Crippen molar-refractivity contribution in [1.29, 1.82) is 0 Å². The summed E-state index contributed by atoms with van der Waals surface area (Å²) in [6.07, 6.45) is 5.07. The molecule has 0 fully saturated rings. The van der Waals surface area contributed by atoms with Gasteiger partial charge in [-0.15, -0.1) is 0 Å². The molecule has 2 aromatic rings. The van der Waals surface area contributed by atoms with Gasteiger partial charge in [0.2, 0.25) is 0 Å². The fraction of sp³-hybridized carbons (Fsp3) is 0.400. The molecule has 8 heteroatoms. The summed E-state index contributed by atoms with van der Waals surface area (Å²) in [6, 6.07) is 0. The number of anilines is 1. The molecule has 2 rings (SSSR count). The van der Waals surface area contributed by atoms with Crippen LogP contribution in [0.3, 0.4) is 0 Å².